The quantitative estimate of drug-likeness (QED) is 0.178. The number of aryl methyl sites for hydroxylation is 3. The van der Waals surface area contributed by atoms with Gasteiger partial charge >= 0.3 is 21.1 Å². The van der Waals surface area contributed by atoms with Crippen LogP contribution in [0.5, 0.6) is 11.5 Å². The topological polar surface area (TPSA) is 48.6 Å². The van der Waals surface area contributed by atoms with Crippen molar-refractivity contribution >= 4 is 27.8 Å². The average Bonchev–Trinajstić information content (AvgIpc) is 3.45. The van der Waals surface area contributed by atoms with Gasteiger partial charge in [-0.25, -0.2) is 4.98 Å². The fourth-order valence-corrected chi connectivity index (χ4v) is 5.22. The Labute approximate surface area is 250 Å². The molecule has 0 saturated carbocycles. The molecule has 3 heterocycles. The minimum atomic E-state index is 0. The molecule has 3 aromatic carbocycles. The minimum Gasteiger partial charge on any atom is -0.518 e. The summed E-state index contributed by atoms with van der Waals surface area (Å²) in [6, 6.07) is 24.2. The van der Waals surface area contributed by atoms with Crippen LogP contribution in [0, 0.1) is 32.9 Å². The van der Waals surface area contributed by atoms with E-state index in [4.69, 9.17) is 14.5 Å². The van der Waals surface area contributed by atoms with Crippen molar-refractivity contribution in [2.75, 3.05) is 6.61 Å². The molecule has 0 spiro atoms. The van der Waals surface area contributed by atoms with Crippen molar-refractivity contribution < 1.29 is 30.5 Å². The van der Waals surface area contributed by atoms with E-state index in [1.165, 1.54) is 10.9 Å². The fraction of sp³-hybridized carbons (Fsp3) is 0.294. The molecule has 0 N–H and O–H groups in total. The zero-order valence-corrected chi connectivity index (χ0v) is 26.2. The number of benzene rings is 3. The van der Waals surface area contributed by atoms with Gasteiger partial charge in [0.2, 0.25) is 0 Å². The van der Waals surface area contributed by atoms with Crippen molar-refractivity contribution in [3.8, 4) is 17.2 Å². The first-order valence-corrected chi connectivity index (χ1v) is 13.4. The van der Waals surface area contributed by atoms with E-state index >= 15 is 0 Å². The predicted octanol–water partition coefficient (Wildman–Crippen LogP) is 7.96. The molecule has 0 fully saturated rings. The molecular formula is C34H33N3O2Pt. The van der Waals surface area contributed by atoms with Crippen LogP contribution in [0.25, 0.3) is 27.6 Å². The zero-order chi connectivity index (χ0) is 27.5. The van der Waals surface area contributed by atoms with Gasteiger partial charge in [-0.05, 0) is 42.2 Å². The van der Waals surface area contributed by atoms with Crippen molar-refractivity contribution in [2.45, 2.75) is 59.9 Å². The second kappa shape index (κ2) is 10.5. The van der Waals surface area contributed by atoms with Gasteiger partial charge in [-0.1, -0.05) is 70.5 Å². The standard InChI is InChI=1S/C34H33N3O2.Pt/c1-20-13-25(37-30-11-10-24(34(5,6)7)16-29(30)27-9-8-12-35-32(27)37)17-26(14-20)39-31-18-28(21(2)15-22(31)3)33-36-23(4)19-38-33;/h8-16,23H,19H2,1-7H3;/q-2;+2/t23-;/m1./s1. The van der Waals surface area contributed by atoms with Crippen LogP contribution in [0.2, 0.25) is 0 Å². The molecule has 1 aliphatic heterocycles. The van der Waals surface area contributed by atoms with Crippen LogP contribution < -0.4 is 4.74 Å². The first kappa shape index (κ1) is 28.1. The van der Waals surface area contributed by atoms with Gasteiger partial charge in [0, 0.05) is 28.5 Å². The van der Waals surface area contributed by atoms with E-state index in [9.17, 15) is 0 Å². The smallest absolute Gasteiger partial charge is 0.518 e. The number of aromatic nitrogens is 2. The van der Waals surface area contributed by atoms with Crippen LogP contribution in [0.1, 0.15) is 55.5 Å². The maximum Gasteiger partial charge on any atom is 2.00 e. The van der Waals surface area contributed by atoms with Crippen molar-refractivity contribution in [1.29, 1.82) is 0 Å². The van der Waals surface area contributed by atoms with E-state index in [1.54, 1.807) is 0 Å². The van der Waals surface area contributed by atoms with Crippen LogP contribution in [0.15, 0.2) is 59.7 Å². The Hall–Kier alpha value is -3.43. The Kier molecular flexibility index (Phi) is 7.39. The monoisotopic (exact) mass is 710 g/mol. The van der Waals surface area contributed by atoms with Gasteiger partial charge < -0.3 is 14.0 Å². The number of pyridine rings is 1. The molecule has 1 atom stereocenters. The van der Waals surface area contributed by atoms with Crippen LogP contribution >= 0.6 is 0 Å². The molecule has 2 aromatic heterocycles. The maximum absolute atomic E-state index is 6.44. The second-order valence-corrected chi connectivity index (χ2v) is 11.6. The molecular weight excluding hydrogens is 677 g/mol. The molecule has 0 unspecified atom stereocenters. The molecule has 6 heteroatoms. The van der Waals surface area contributed by atoms with Gasteiger partial charge in [0.1, 0.15) is 11.5 Å². The molecule has 40 heavy (non-hydrogen) atoms. The molecule has 206 valence electrons. The molecule has 0 aliphatic carbocycles. The second-order valence-electron chi connectivity index (χ2n) is 11.6. The SMILES string of the molecule is Cc1cc(Oc2[c-]c(C3=N[C@H](C)CO3)c(C)cc2C)[c-]c(-n2c3ccc(C(C)(C)C)cc3c3cccnc32)c1.[Pt+2]. The summed E-state index contributed by atoms with van der Waals surface area (Å²) in [6.07, 6.45) is 1.84. The number of hydrogen-bond acceptors (Lipinski definition) is 4. The summed E-state index contributed by atoms with van der Waals surface area (Å²) in [5, 5.41) is 2.30. The number of ether oxygens (including phenoxy) is 2. The number of rotatable bonds is 4. The van der Waals surface area contributed by atoms with Crippen molar-refractivity contribution in [2.24, 2.45) is 4.99 Å². The van der Waals surface area contributed by atoms with E-state index < -0.39 is 0 Å². The summed E-state index contributed by atoms with van der Waals surface area (Å²) in [6.45, 7) is 15.5. The maximum atomic E-state index is 6.44. The molecule has 6 rings (SSSR count). The molecule has 1 aliphatic rings. The van der Waals surface area contributed by atoms with E-state index in [2.05, 4.69) is 92.7 Å². The van der Waals surface area contributed by atoms with Gasteiger partial charge in [-0.3, -0.25) is 4.99 Å². The summed E-state index contributed by atoms with van der Waals surface area (Å²) >= 11 is 0. The summed E-state index contributed by atoms with van der Waals surface area (Å²) in [5.74, 6) is 1.90. The Balaban J connectivity index is 0.00000323. The van der Waals surface area contributed by atoms with Gasteiger partial charge in [0.25, 0.3) is 0 Å². The third-order valence-electron chi connectivity index (χ3n) is 7.26. The predicted molar refractivity (Wildman–Crippen MR) is 158 cm³/mol. The molecule has 5 nitrogen and oxygen atoms in total. The first-order chi connectivity index (χ1) is 18.6. The molecule has 0 bridgehead atoms. The molecule has 0 saturated heterocycles. The van der Waals surface area contributed by atoms with Crippen molar-refractivity contribution in [1.82, 2.24) is 9.55 Å². The normalized spacial score (nSPS) is 15.2. The fourth-order valence-electron chi connectivity index (χ4n) is 5.22. The third kappa shape index (κ3) is 5.08. The van der Waals surface area contributed by atoms with Crippen molar-refractivity contribution in [3.63, 3.8) is 0 Å². The first-order valence-electron chi connectivity index (χ1n) is 13.4. The van der Waals surface area contributed by atoms with E-state index in [0.29, 0.717) is 24.0 Å². The van der Waals surface area contributed by atoms with E-state index in [0.717, 1.165) is 44.5 Å². The third-order valence-corrected chi connectivity index (χ3v) is 7.26. The van der Waals surface area contributed by atoms with Gasteiger partial charge in [0.15, 0.2) is 0 Å². The Bertz CT molecular complexity index is 1780. The van der Waals surface area contributed by atoms with Crippen LogP contribution in [0.4, 0.5) is 0 Å². The minimum absolute atomic E-state index is 0. The number of aliphatic imine (C=N–C) groups is 1. The number of nitrogens with zero attached hydrogens (tertiary/aromatic N) is 3. The van der Waals surface area contributed by atoms with Gasteiger partial charge in [-0.2, -0.15) is 5.56 Å². The summed E-state index contributed by atoms with van der Waals surface area (Å²) in [7, 11) is 0. The van der Waals surface area contributed by atoms with Gasteiger partial charge in [-0.15, -0.1) is 29.8 Å². The van der Waals surface area contributed by atoms with E-state index in [1.807, 2.05) is 32.2 Å². The number of hydrogen-bond donors (Lipinski definition) is 0. The molecule has 0 amide bonds. The van der Waals surface area contributed by atoms with Crippen LogP contribution in [-0.2, 0) is 31.2 Å². The summed E-state index contributed by atoms with van der Waals surface area (Å²) in [4.78, 5) is 9.41. The Morgan fingerprint density at radius 1 is 0.975 bits per heavy atom. The summed E-state index contributed by atoms with van der Waals surface area (Å²) in [5.41, 5.74) is 8.19. The van der Waals surface area contributed by atoms with Crippen LogP contribution in [0.3, 0.4) is 0 Å². The van der Waals surface area contributed by atoms with Crippen LogP contribution in [-0.4, -0.2) is 28.1 Å². The molecule has 0 radical (unpaired) electrons. The number of fused-ring (bicyclic) bond motifs is 3. The van der Waals surface area contributed by atoms with E-state index in [-0.39, 0.29) is 32.5 Å². The Morgan fingerprint density at radius 3 is 2.50 bits per heavy atom. The molecule has 5 aromatic rings. The largest absolute Gasteiger partial charge is 2.00 e. The Morgan fingerprint density at radius 2 is 1.77 bits per heavy atom. The zero-order valence-electron chi connectivity index (χ0n) is 24.0. The van der Waals surface area contributed by atoms with Crippen molar-refractivity contribution in [3.05, 3.63) is 94.7 Å². The summed E-state index contributed by atoms with van der Waals surface area (Å²) < 4.78 is 14.4. The van der Waals surface area contributed by atoms with Gasteiger partial charge in [0.05, 0.1) is 18.2 Å². The average molecular weight is 711 g/mol.